The van der Waals surface area contributed by atoms with E-state index in [1.807, 2.05) is 29.7 Å². The molecule has 4 rings (SSSR count). The van der Waals surface area contributed by atoms with Gasteiger partial charge in [-0.25, -0.2) is 0 Å². The predicted octanol–water partition coefficient (Wildman–Crippen LogP) is 2.68. The molecule has 1 aliphatic rings. The van der Waals surface area contributed by atoms with Crippen LogP contribution < -0.4 is 4.74 Å². The van der Waals surface area contributed by atoms with Crippen LogP contribution in [0.3, 0.4) is 0 Å². The second-order valence-electron chi connectivity index (χ2n) is 7.55. The van der Waals surface area contributed by atoms with Crippen molar-refractivity contribution in [2.24, 2.45) is 7.05 Å². The number of carbonyl (C=O) groups is 1. The summed E-state index contributed by atoms with van der Waals surface area (Å²) in [6, 6.07) is 7.82. The molecule has 0 aliphatic carbocycles. The number of amides is 1. The highest BCUT2D eigenvalue weighted by Crippen LogP contribution is 2.23. The van der Waals surface area contributed by atoms with Gasteiger partial charge in [-0.3, -0.25) is 19.5 Å². The van der Waals surface area contributed by atoms with Crippen LogP contribution in [-0.2, 0) is 13.6 Å². The van der Waals surface area contributed by atoms with Crippen molar-refractivity contribution in [1.82, 2.24) is 29.8 Å². The molecule has 0 atom stereocenters. The molecule has 2 aromatic heterocycles. The van der Waals surface area contributed by atoms with Crippen molar-refractivity contribution in [2.45, 2.75) is 20.1 Å². The van der Waals surface area contributed by atoms with Crippen LogP contribution in [0.2, 0.25) is 0 Å². The first kappa shape index (κ1) is 21.0. The number of halogens is 2. The number of nitrogens with one attached hydrogen (secondary N) is 1. The van der Waals surface area contributed by atoms with Crippen molar-refractivity contribution in [2.75, 3.05) is 26.2 Å². The Hall–Kier alpha value is -3.27. The molecule has 10 heteroatoms. The summed E-state index contributed by atoms with van der Waals surface area (Å²) in [5.74, 6) is -0.0291. The molecule has 0 radical (unpaired) electrons. The molecule has 0 spiro atoms. The molecule has 1 aromatic carbocycles. The highest BCUT2D eigenvalue weighted by molar-refractivity contribution is 5.93. The molecule has 8 nitrogen and oxygen atoms in total. The minimum atomic E-state index is -2.87. The van der Waals surface area contributed by atoms with E-state index in [0.29, 0.717) is 30.0 Å². The largest absolute Gasteiger partial charge is 0.435 e. The van der Waals surface area contributed by atoms with Gasteiger partial charge in [0.25, 0.3) is 5.91 Å². The van der Waals surface area contributed by atoms with Gasteiger partial charge in [-0.15, -0.1) is 0 Å². The van der Waals surface area contributed by atoms with Gasteiger partial charge >= 0.3 is 6.61 Å². The summed E-state index contributed by atoms with van der Waals surface area (Å²) < 4.78 is 30.7. The Labute approximate surface area is 178 Å². The van der Waals surface area contributed by atoms with Crippen LogP contribution in [0.15, 0.2) is 36.5 Å². The lowest BCUT2D eigenvalue weighted by Crippen LogP contribution is -2.48. The Morgan fingerprint density at radius 2 is 1.90 bits per heavy atom. The van der Waals surface area contributed by atoms with Gasteiger partial charge in [0.2, 0.25) is 0 Å². The van der Waals surface area contributed by atoms with E-state index in [-0.39, 0.29) is 11.7 Å². The second kappa shape index (κ2) is 8.84. The number of aromatic amines is 1. The van der Waals surface area contributed by atoms with Crippen LogP contribution in [0.4, 0.5) is 8.78 Å². The maximum Gasteiger partial charge on any atom is 0.387 e. The van der Waals surface area contributed by atoms with E-state index in [9.17, 15) is 13.6 Å². The zero-order valence-corrected chi connectivity index (χ0v) is 17.4. The van der Waals surface area contributed by atoms with Gasteiger partial charge in [-0.2, -0.15) is 19.0 Å². The van der Waals surface area contributed by atoms with Crippen LogP contribution in [0, 0.1) is 6.92 Å². The van der Waals surface area contributed by atoms with Crippen LogP contribution in [0.25, 0.3) is 11.3 Å². The predicted molar refractivity (Wildman–Crippen MR) is 110 cm³/mol. The average Bonchev–Trinajstić information content (AvgIpc) is 3.35. The minimum Gasteiger partial charge on any atom is -0.435 e. The number of rotatable bonds is 6. The maximum atomic E-state index is 12.9. The second-order valence-corrected chi connectivity index (χ2v) is 7.55. The Morgan fingerprint density at radius 3 is 2.52 bits per heavy atom. The van der Waals surface area contributed by atoms with Gasteiger partial charge in [0.1, 0.15) is 11.4 Å². The highest BCUT2D eigenvalue weighted by atomic mass is 19.3. The zero-order valence-electron chi connectivity index (χ0n) is 17.4. The molecule has 3 aromatic rings. The van der Waals surface area contributed by atoms with Crippen molar-refractivity contribution in [1.29, 1.82) is 0 Å². The van der Waals surface area contributed by atoms with E-state index in [4.69, 9.17) is 0 Å². The van der Waals surface area contributed by atoms with Gasteiger partial charge in [0, 0.05) is 57.1 Å². The van der Waals surface area contributed by atoms with E-state index in [0.717, 1.165) is 25.3 Å². The molecule has 0 unspecified atom stereocenters. The molecule has 164 valence electrons. The first-order chi connectivity index (χ1) is 14.9. The Kier molecular flexibility index (Phi) is 5.99. The monoisotopic (exact) mass is 430 g/mol. The van der Waals surface area contributed by atoms with E-state index >= 15 is 0 Å². The molecule has 1 amide bonds. The molecular formula is C21H24F2N6O2. The summed E-state index contributed by atoms with van der Waals surface area (Å²) in [5, 5.41) is 11.4. The average molecular weight is 430 g/mol. The number of H-pyrrole nitrogens is 1. The number of alkyl halides is 2. The highest BCUT2D eigenvalue weighted by Gasteiger charge is 2.24. The third-order valence-corrected chi connectivity index (χ3v) is 5.35. The fourth-order valence-corrected chi connectivity index (χ4v) is 3.71. The molecule has 1 N–H and O–H groups in total. The summed E-state index contributed by atoms with van der Waals surface area (Å²) in [6.45, 7) is 2.79. The Balaban J connectivity index is 1.34. The Bertz CT molecular complexity index is 1040. The number of nitrogens with zero attached hydrogens (tertiary/aromatic N) is 5. The van der Waals surface area contributed by atoms with Gasteiger partial charge < -0.3 is 9.64 Å². The first-order valence-corrected chi connectivity index (χ1v) is 10.0. The number of aromatic nitrogens is 4. The maximum absolute atomic E-state index is 12.9. The molecule has 0 saturated carbocycles. The third kappa shape index (κ3) is 4.91. The summed E-state index contributed by atoms with van der Waals surface area (Å²) in [6.07, 6.45) is 2.03. The number of piperazine rings is 1. The zero-order chi connectivity index (χ0) is 22.0. The number of hydrogen-bond acceptors (Lipinski definition) is 5. The molecule has 31 heavy (non-hydrogen) atoms. The van der Waals surface area contributed by atoms with Gasteiger partial charge in [0.05, 0.1) is 11.4 Å². The molecule has 1 aliphatic heterocycles. The quantitative estimate of drug-likeness (QED) is 0.651. The number of benzene rings is 1. The van der Waals surface area contributed by atoms with Gasteiger partial charge in [0.15, 0.2) is 0 Å². The SMILES string of the molecule is Cc1nn(C)cc1CN1CCN(C(=O)c2cc(-c3ccc(OC(F)F)cc3)n[nH]2)CC1. The summed E-state index contributed by atoms with van der Waals surface area (Å²) in [4.78, 5) is 17.0. The third-order valence-electron chi connectivity index (χ3n) is 5.35. The topological polar surface area (TPSA) is 79.3 Å². The van der Waals surface area contributed by atoms with Crippen molar-refractivity contribution in [3.63, 3.8) is 0 Å². The number of hydrogen-bond donors (Lipinski definition) is 1. The van der Waals surface area contributed by atoms with Gasteiger partial charge in [-0.1, -0.05) is 0 Å². The minimum absolute atomic E-state index is 0.0740. The van der Waals surface area contributed by atoms with Crippen molar-refractivity contribution in [3.05, 3.63) is 53.5 Å². The van der Waals surface area contributed by atoms with Crippen molar-refractivity contribution in [3.8, 4) is 17.0 Å². The lowest BCUT2D eigenvalue weighted by atomic mass is 10.1. The normalized spacial score (nSPS) is 14.9. The smallest absolute Gasteiger partial charge is 0.387 e. The molecular weight excluding hydrogens is 406 g/mol. The molecule has 1 fully saturated rings. The molecule has 1 saturated heterocycles. The lowest BCUT2D eigenvalue weighted by molar-refractivity contribution is -0.0498. The first-order valence-electron chi connectivity index (χ1n) is 10.0. The van der Waals surface area contributed by atoms with Crippen LogP contribution in [0.1, 0.15) is 21.7 Å². The van der Waals surface area contributed by atoms with E-state index < -0.39 is 6.61 Å². The van der Waals surface area contributed by atoms with E-state index in [1.165, 1.54) is 17.7 Å². The number of carbonyl (C=O) groups excluding carboxylic acids is 1. The van der Waals surface area contributed by atoms with E-state index in [1.54, 1.807) is 18.2 Å². The van der Waals surface area contributed by atoms with Gasteiger partial charge in [-0.05, 0) is 37.3 Å². The summed E-state index contributed by atoms with van der Waals surface area (Å²) >= 11 is 0. The fraction of sp³-hybridized carbons (Fsp3) is 0.381. The molecule has 0 bridgehead atoms. The standard InChI is InChI=1S/C21H24F2N6O2/c1-14-16(12-27(2)26-14)13-28-7-9-29(10-8-28)20(30)19-11-18(24-25-19)15-3-5-17(6-4-15)31-21(22)23/h3-6,11-12,21H,7-10,13H2,1-2H3,(H,24,25). The fourth-order valence-electron chi connectivity index (χ4n) is 3.71. The van der Waals surface area contributed by atoms with Crippen LogP contribution in [0.5, 0.6) is 5.75 Å². The van der Waals surface area contributed by atoms with Crippen LogP contribution >= 0.6 is 0 Å². The van der Waals surface area contributed by atoms with Crippen LogP contribution in [-0.4, -0.2) is 68.5 Å². The van der Waals surface area contributed by atoms with E-state index in [2.05, 4.69) is 24.9 Å². The lowest BCUT2D eigenvalue weighted by Gasteiger charge is -2.34. The number of aryl methyl sites for hydroxylation is 2. The van der Waals surface area contributed by atoms with Crippen molar-refractivity contribution < 1.29 is 18.3 Å². The summed E-state index contributed by atoms with van der Waals surface area (Å²) in [7, 11) is 1.91. The molecule has 3 heterocycles. The van der Waals surface area contributed by atoms with Crippen molar-refractivity contribution >= 4 is 5.91 Å². The number of ether oxygens (including phenoxy) is 1. The summed E-state index contributed by atoms with van der Waals surface area (Å²) in [5.41, 5.74) is 3.90. The Morgan fingerprint density at radius 1 is 1.19 bits per heavy atom.